The first-order valence-corrected chi connectivity index (χ1v) is 7.02. The van der Waals surface area contributed by atoms with Crippen molar-refractivity contribution in [2.24, 2.45) is 0 Å². The van der Waals surface area contributed by atoms with Crippen molar-refractivity contribution in [3.8, 4) is 0 Å². The maximum Gasteiger partial charge on any atom is 0.221 e. The summed E-state index contributed by atoms with van der Waals surface area (Å²) in [4.78, 5) is 10.4. The first-order valence-electron chi connectivity index (χ1n) is 4.37. The second-order valence-electron chi connectivity index (χ2n) is 2.72. The Bertz CT molecular complexity index is 243. The molecule has 0 aromatic carbocycles. The maximum absolute atomic E-state index is 10.4. The zero-order valence-electron chi connectivity index (χ0n) is 7.69. The highest BCUT2D eigenvalue weighted by atomic mass is 35.5. The Morgan fingerprint density at radius 2 is 2.36 bits per heavy atom. The molecule has 0 radical (unpaired) electrons. The highest BCUT2D eigenvalue weighted by Gasteiger charge is 2.01. The molecule has 0 N–H and O–H groups in total. The minimum absolute atomic E-state index is 0.239. The van der Waals surface area contributed by atoms with E-state index in [2.05, 4.69) is 10.4 Å². The zero-order valence-corrected chi connectivity index (χ0v) is 10.1. The third-order valence-electron chi connectivity index (χ3n) is 1.53. The second kappa shape index (κ2) is 7.26. The fourth-order valence-electron chi connectivity index (χ4n) is 0.880. The molecule has 0 spiro atoms. The second-order valence-corrected chi connectivity index (χ2v) is 5.56. The van der Waals surface area contributed by atoms with Gasteiger partial charge in [0.2, 0.25) is 5.24 Å². The van der Waals surface area contributed by atoms with Crippen LogP contribution in [0, 0.1) is 0 Å². The van der Waals surface area contributed by atoms with Gasteiger partial charge in [-0.15, -0.1) is 0 Å². The Kier molecular flexibility index (Phi) is 6.23. The molecule has 0 aliphatic carbocycles. The molecular formula is C9H12ClNOS2. The van der Waals surface area contributed by atoms with Crippen LogP contribution in [-0.4, -0.2) is 21.8 Å². The molecule has 0 saturated heterocycles. The molecule has 14 heavy (non-hydrogen) atoms. The van der Waals surface area contributed by atoms with Crippen LogP contribution in [0.3, 0.4) is 0 Å². The molecule has 1 aliphatic heterocycles. The van der Waals surface area contributed by atoms with Crippen molar-refractivity contribution in [2.75, 3.05) is 12.3 Å². The van der Waals surface area contributed by atoms with E-state index in [0.717, 1.165) is 18.7 Å². The summed E-state index contributed by atoms with van der Waals surface area (Å²) < 4.78 is 2.15. The third kappa shape index (κ3) is 5.62. The third-order valence-corrected chi connectivity index (χ3v) is 4.14. The summed E-state index contributed by atoms with van der Waals surface area (Å²) >= 11 is 5.22. The standard InChI is InChI=1S/C9H12ClNOS2/c10-9(12)5-4-8-13-14-11-6-2-1-3-7-11/h1-3,6H,4-5,7-8H2. The van der Waals surface area contributed by atoms with Crippen molar-refractivity contribution in [3.63, 3.8) is 0 Å². The van der Waals surface area contributed by atoms with Crippen LogP contribution in [0.5, 0.6) is 0 Å². The lowest BCUT2D eigenvalue weighted by Gasteiger charge is -2.17. The summed E-state index contributed by atoms with van der Waals surface area (Å²) in [6, 6.07) is 0. The van der Waals surface area contributed by atoms with Gasteiger partial charge >= 0.3 is 0 Å². The molecule has 0 fully saturated rings. The van der Waals surface area contributed by atoms with Crippen LogP contribution in [-0.2, 0) is 4.79 Å². The number of halogens is 1. The first-order chi connectivity index (χ1) is 6.79. The largest absolute Gasteiger partial charge is 0.310 e. The molecule has 0 saturated carbocycles. The molecule has 0 unspecified atom stereocenters. The summed E-state index contributed by atoms with van der Waals surface area (Å²) in [5, 5.41) is -0.239. The van der Waals surface area contributed by atoms with Gasteiger partial charge in [0.25, 0.3) is 0 Å². The maximum atomic E-state index is 10.4. The Labute approximate surface area is 97.3 Å². The van der Waals surface area contributed by atoms with E-state index in [0.29, 0.717) is 6.42 Å². The van der Waals surface area contributed by atoms with Gasteiger partial charge in [-0.2, -0.15) is 0 Å². The van der Waals surface area contributed by atoms with Crippen LogP contribution in [0.15, 0.2) is 24.4 Å². The number of carbonyl (C=O) groups excluding carboxylic acids is 1. The van der Waals surface area contributed by atoms with E-state index in [1.54, 1.807) is 21.8 Å². The first kappa shape index (κ1) is 12.0. The number of hydrogen-bond donors (Lipinski definition) is 0. The quantitative estimate of drug-likeness (QED) is 0.312. The van der Waals surface area contributed by atoms with Gasteiger partial charge < -0.3 is 4.31 Å². The predicted octanol–water partition coefficient (Wildman–Crippen LogP) is 3.21. The SMILES string of the molecule is O=C(Cl)CCCSSN1C=CC=CC1. The monoisotopic (exact) mass is 249 g/mol. The van der Waals surface area contributed by atoms with Crippen LogP contribution < -0.4 is 0 Å². The molecular weight excluding hydrogens is 238 g/mol. The predicted molar refractivity (Wildman–Crippen MR) is 65.1 cm³/mol. The number of hydrogen-bond acceptors (Lipinski definition) is 4. The average Bonchev–Trinajstić information content (AvgIpc) is 2.18. The van der Waals surface area contributed by atoms with Gasteiger partial charge in [0, 0.05) is 35.9 Å². The molecule has 0 atom stereocenters. The highest BCUT2D eigenvalue weighted by molar-refractivity contribution is 8.75. The van der Waals surface area contributed by atoms with Crippen molar-refractivity contribution in [2.45, 2.75) is 12.8 Å². The average molecular weight is 250 g/mol. The fraction of sp³-hybridized carbons (Fsp3) is 0.444. The lowest BCUT2D eigenvalue weighted by Crippen LogP contribution is -2.07. The molecule has 1 rings (SSSR count). The van der Waals surface area contributed by atoms with Gasteiger partial charge in [0.15, 0.2) is 0 Å². The van der Waals surface area contributed by atoms with E-state index in [9.17, 15) is 4.79 Å². The van der Waals surface area contributed by atoms with Crippen molar-refractivity contribution >= 4 is 38.6 Å². The van der Waals surface area contributed by atoms with Gasteiger partial charge in [0.1, 0.15) is 0 Å². The van der Waals surface area contributed by atoms with Crippen LogP contribution in [0.1, 0.15) is 12.8 Å². The normalized spacial score (nSPS) is 14.8. The lowest BCUT2D eigenvalue weighted by molar-refractivity contribution is -0.111. The van der Waals surface area contributed by atoms with Crippen molar-refractivity contribution in [1.29, 1.82) is 0 Å². The van der Waals surface area contributed by atoms with E-state index in [-0.39, 0.29) is 5.24 Å². The fourth-order valence-corrected chi connectivity index (χ4v) is 3.07. The van der Waals surface area contributed by atoms with Crippen molar-refractivity contribution < 1.29 is 4.79 Å². The van der Waals surface area contributed by atoms with E-state index >= 15 is 0 Å². The molecule has 78 valence electrons. The Balaban J connectivity index is 1.96. The molecule has 2 nitrogen and oxygen atoms in total. The van der Waals surface area contributed by atoms with E-state index < -0.39 is 0 Å². The minimum Gasteiger partial charge on any atom is -0.310 e. The molecule has 1 heterocycles. The van der Waals surface area contributed by atoms with Gasteiger partial charge in [-0.3, -0.25) is 4.79 Å². The summed E-state index contributed by atoms with van der Waals surface area (Å²) in [6.45, 7) is 0.947. The smallest absolute Gasteiger partial charge is 0.221 e. The molecule has 0 bridgehead atoms. The minimum atomic E-state index is -0.239. The van der Waals surface area contributed by atoms with Crippen LogP contribution in [0.25, 0.3) is 0 Å². The van der Waals surface area contributed by atoms with Crippen molar-refractivity contribution in [3.05, 3.63) is 24.4 Å². The van der Waals surface area contributed by atoms with Gasteiger partial charge in [-0.05, 0) is 24.1 Å². The van der Waals surface area contributed by atoms with E-state index in [1.807, 2.05) is 18.4 Å². The Morgan fingerprint density at radius 1 is 1.50 bits per heavy atom. The number of rotatable bonds is 6. The highest BCUT2D eigenvalue weighted by Crippen LogP contribution is 2.28. The van der Waals surface area contributed by atoms with Crippen LogP contribution in [0.4, 0.5) is 0 Å². The topological polar surface area (TPSA) is 20.3 Å². The number of carbonyl (C=O) groups is 1. The molecule has 0 amide bonds. The van der Waals surface area contributed by atoms with Gasteiger partial charge in [0.05, 0.1) is 0 Å². The van der Waals surface area contributed by atoms with Crippen LogP contribution in [0.2, 0.25) is 0 Å². The van der Waals surface area contributed by atoms with Gasteiger partial charge in [-0.25, -0.2) is 0 Å². The summed E-state index contributed by atoms with van der Waals surface area (Å²) in [6.07, 6.45) is 9.53. The summed E-state index contributed by atoms with van der Waals surface area (Å²) in [5.74, 6) is 0.956. The molecule has 0 aromatic heterocycles. The van der Waals surface area contributed by atoms with Crippen molar-refractivity contribution in [1.82, 2.24) is 4.31 Å². The summed E-state index contributed by atoms with van der Waals surface area (Å²) in [5.41, 5.74) is 0. The summed E-state index contributed by atoms with van der Waals surface area (Å²) in [7, 11) is 3.45. The Hall–Kier alpha value is -0.0600. The molecule has 1 aliphatic rings. The van der Waals surface area contributed by atoms with Crippen LogP contribution >= 0.6 is 33.4 Å². The lowest BCUT2D eigenvalue weighted by atomic mass is 10.4. The van der Waals surface area contributed by atoms with E-state index in [4.69, 9.17) is 11.6 Å². The molecule has 5 heteroatoms. The van der Waals surface area contributed by atoms with E-state index in [1.165, 1.54) is 0 Å². The Morgan fingerprint density at radius 3 is 3.00 bits per heavy atom. The number of nitrogens with zero attached hydrogens (tertiary/aromatic N) is 1. The zero-order chi connectivity index (χ0) is 10.2. The number of allylic oxidation sites excluding steroid dienone is 2. The van der Waals surface area contributed by atoms with Gasteiger partial charge in [-0.1, -0.05) is 22.9 Å². The molecule has 0 aromatic rings.